The summed E-state index contributed by atoms with van der Waals surface area (Å²) < 4.78 is 1.02. The maximum Gasteiger partial charge on any atom is 0.323 e. The van der Waals surface area contributed by atoms with Crippen LogP contribution in [0, 0.1) is 0 Å². The Bertz CT molecular complexity index is 514. The van der Waals surface area contributed by atoms with Crippen LogP contribution in [-0.2, 0) is 11.3 Å². The number of amides is 2. The van der Waals surface area contributed by atoms with Crippen LogP contribution in [0.3, 0.4) is 0 Å². The summed E-state index contributed by atoms with van der Waals surface area (Å²) in [6.07, 6.45) is 3.93. The van der Waals surface area contributed by atoms with Crippen LogP contribution in [0.1, 0.15) is 31.2 Å². The SMILES string of the molecule is CN(Cc1csc(Br)c1)C(=O)N(CC(=O)O)C1CCCC1. The lowest BCUT2D eigenvalue weighted by Crippen LogP contribution is -2.48. The lowest BCUT2D eigenvalue weighted by molar-refractivity contribution is -0.138. The molecule has 0 bridgehead atoms. The van der Waals surface area contributed by atoms with Gasteiger partial charge in [-0.1, -0.05) is 12.8 Å². The monoisotopic (exact) mass is 374 g/mol. The topological polar surface area (TPSA) is 60.9 Å². The molecule has 0 aromatic carbocycles. The third-order valence-corrected chi connectivity index (χ3v) is 5.24. The highest BCUT2D eigenvalue weighted by atomic mass is 79.9. The molecule has 21 heavy (non-hydrogen) atoms. The molecule has 0 aliphatic heterocycles. The molecule has 0 radical (unpaired) electrons. The van der Waals surface area contributed by atoms with Crippen molar-refractivity contribution < 1.29 is 14.7 Å². The molecule has 1 saturated carbocycles. The second kappa shape index (κ2) is 7.26. The van der Waals surface area contributed by atoms with E-state index in [1.54, 1.807) is 23.3 Å². The third kappa shape index (κ3) is 4.44. The van der Waals surface area contributed by atoms with E-state index in [9.17, 15) is 9.59 Å². The van der Waals surface area contributed by atoms with Gasteiger partial charge < -0.3 is 14.9 Å². The zero-order valence-electron chi connectivity index (χ0n) is 11.9. The average molecular weight is 375 g/mol. The van der Waals surface area contributed by atoms with Crippen molar-refractivity contribution in [3.63, 3.8) is 0 Å². The fourth-order valence-corrected chi connectivity index (χ4v) is 3.90. The van der Waals surface area contributed by atoms with Gasteiger partial charge in [0.15, 0.2) is 0 Å². The summed E-state index contributed by atoms with van der Waals surface area (Å²) in [5, 5.41) is 11.0. The number of carbonyl (C=O) groups is 2. The highest BCUT2D eigenvalue weighted by Crippen LogP contribution is 2.25. The van der Waals surface area contributed by atoms with Crippen LogP contribution < -0.4 is 0 Å². The molecule has 5 nitrogen and oxygen atoms in total. The number of carbonyl (C=O) groups excluding carboxylic acids is 1. The van der Waals surface area contributed by atoms with Gasteiger partial charge in [0.2, 0.25) is 0 Å². The Hall–Kier alpha value is -1.08. The standard InChI is InChI=1S/C14H19BrN2O3S/c1-16(7-10-6-12(15)21-9-10)14(20)17(8-13(18)19)11-4-2-3-5-11/h6,9,11H,2-5,7-8H2,1H3,(H,18,19). The van der Waals surface area contributed by atoms with Gasteiger partial charge in [-0.2, -0.15) is 0 Å². The third-order valence-electron chi connectivity index (χ3n) is 3.68. The summed E-state index contributed by atoms with van der Waals surface area (Å²) in [6, 6.07) is 1.84. The molecule has 1 fully saturated rings. The number of carboxylic acid groups (broad SMARTS) is 1. The Morgan fingerprint density at radius 2 is 2.10 bits per heavy atom. The molecule has 0 unspecified atom stereocenters. The quantitative estimate of drug-likeness (QED) is 0.858. The van der Waals surface area contributed by atoms with Gasteiger partial charge in [0.25, 0.3) is 0 Å². The molecule has 1 aliphatic carbocycles. The smallest absolute Gasteiger partial charge is 0.323 e. The van der Waals surface area contributed by atoms with Crippen molar-refractivity contribution in [1.82, 2.24) is 9.80 Å². The van der Waals surface area contributed by atoms with Crippen molar-refractivity contribution in [2.45, 2.75) is 38.3 Å². The normalized spacial score (nSPS) is 15.1. The van der Waals surface area contributed by atoms with Crippen LogP contribution in [0.5, 0.6) is 0 Å². The van der Waals surface area contributed by atoms with E-state index < -0.39 is 5.97 Å². The van der Waals surface area contributed by atoms with Crippen molar-refractivity contribution in [1.29, 1.82) is 0 Å². The highest BCUT2D eigenvalue weighted by molar-refractivity contribution is 9.11. The number of hydrogen-bond donors (Lipinski definition) is 1. The first kappa shape index (κ1) is 16.3. The van der Waals surface area contributed by atoms with Gasteiger partial charge in [0.1, 0.15) is 6.54 Å². The second-order valence-corrected chi connectivity index (χ2v) is 7.65. The van der Waals surface area contributed by atoms with Crippen LogP contribution in [0.2, 0.25) is 0 Å². The molecular formula is C14H19BrN2O3S. The number of halogens is 1. The highest BCUT2D eigenvalue weighted by Gasteiger charge is 2.30. The Kier molecular flexibility index (Phi) is 5.64. The van der Waals surface area contributed by atoms with E-state index in [2.05, 4.69) is 15.9 Å². The molecular weight excluding hydrogens is 356 g/mol. The van der Waals surface area contributed by atoms with E-state index in [1.807, 2.05) is 11.4 Å². The molecule has 0 spiro atoms. The van der Waals surface area contributed by atoms with Crippen molar-refractivity contribution in [2.24, 2.45) is 0 Å². The number of nitrogens with zero attached hydrogens (tertiary/aromatic N) is 2. The zero-order valence-corrected chi connectivity index (χ0v) is 14.3. The van der Waals surface area contributed by atoms with Gasteiger partial charge in [-0.3, -0.25) is 4.79 Å². The molecule has 116 valence electrons. The van der Waals surface area contributed by atoms with E-state index in [1.165, 1.54) is 4.90 Å². The summed E-state index contributed by atoms with van der Waals surface area (Å²) in [7, 11) is 1.72. The number of aliphatic carboxylic acids is 1. The van der Waals surface area contributed by atoms with Crippen LogP contribution >= 0.6 is 27.3 Å². The fourth-order valence-electron chi connectivity index (χ4n) is 2.70. The molecule has 1 aromatic heterocycles. The van der Waals surface area contributed by atoms with E-state index in [-0.39, 0.29) is 18.6 Å². The van der Waals surface area contributed by atoms with Crippen LogP contribution in [0.4, 0.5) is 4.79 Å². The summed E-state index contributed by atoms with van der Waals surface area (Å²) >= 11 is 4.98. The van der Waals surface area contributed by atoms with Gasteiger partial charge in [-0.25, -0.2) is 4.79 Å². The fraction of sp³-hybridized carbons (Fsp3) is 0.571. The molecule has 0 saturated heterocycles. The van der Waals surface area contributed by atoms with Crippen molar-refractivity contribution in [3.05, 3.63) is 20.8 Å². The summed E-state index contributed by atoms with van der Waals surface area (Å²) in [5.74, 6) is -0.957. The molecule has 7 heteroatoms. The molecule has 1 heterocycles. The average Bonchev–Trinajstić information content (AvgIpc) is 3.06. The van der Waals surface area contributed by atoms with E-state index in [0.717, 1.165) is 35.0 Å². The van der Waals surface area contributed by atoms with Crippen LogP contribution in [0.15, 0.2) is 15.2 Å². The van der Waals surface area contributed by atoms with E-state index in [0.29, 0.717) is 6.54 Å². The van der Waals surface area contributed by atoms with E-state index >= 15 is 0 Å². The Balaban J connectivity index is 2.03. The Morgan fingerprint density at radius 3 is 2.62 bits per heavy atom. The predicted molar refractivity (Wildman–Crippen MR) is 85.5 cm³/mol. The first-order chi connectivity index (χ1) is 9.97. The summed E-state index contributed by atoms with van der Waals surface area (Å²) in [6.45, 7) is 0.269. The first-order valence-electron chi connectivity index (χ1n) is 6.94. The first-order valence-corrected chi connectivity index (χ1v) is 8.61. The number of rotatable bonds is 5. The minimum atomic E-state index is -0.957. The van der Waals surface area contributed by atoms with Gasteiger partial charge in [-0.15, -0.1) is 11.3 Å². The largest absolute Gasteiger partial charge is 0.480 e. The van der Waals surface area contributed by atoms with Gasteiger partial charge in [-0.05, 0) is 45.8 Å². The lowest BCUT2D eigenvalue weighted by Gasteiger charge is -2.31. The maximum absolute atomic E-state index is 12.6. The number of thiophene rings is 1. The minimum absolute atomic E-state index is 0.0604. The van der Waals surface area contributed by atoms with Gasteiger partial charge >= 0.3 is 12.0 Å². The van der Waals surface area contributed by atoms with Gasteiger partial charge in [0, 0.05) is 19.6 Å². The Morgan fingerprint density at radius 1 is 1.43 bits per heavy atom. The zero-order chi connectivity index (χ0) is 15.4. The Labute approximate surface area is 136 Å². The summed E-state index contributed by atoms with van der Waals surface area (Å²) in [5.41, 5.74) is 1.05. The number of urea groups is 1. The van der Waals surface area contributed by atoms with Crippen molar-refractivity contribution in [2.75, 3.05) is 13.6 Å². The molecule has 2 rings (SSSR count). The summed E-state index contributed by atoms with van der Waals surface area (Å²) in [4.78, 5) is 26.7. The molecule has 1 aliphatic rings. The van der Waals surface area contributed by atoms with Crippen molar-refractivity contribution >= 4 is 39.3 Å². The predicted octanol–water partition coefficient (Wildman–Crippen LogP) is 3.39. The van der Waals surface area contributed by atoms with E-state index in [4.69, 9.17) is 5.11 Å². The molecule has 1 aromatic rings. The van der Waals surface area contributed by atoms with Crippen LogP contribution in [-0.4, -0.2) is 46.5 Å². The molecule has 1 N–H and O–H groups in total. The molecule has 2 amide bonds. The number of carboxylic acids is 1. The van der Waals surface area contributed by atoms with Crippen molar-refractivity contribution in [3.8, 4) is 0 Å². The van der Waals surface area contributed by atoms with Gasteiger partial charge in [0.05, 0.1) is 3.79 Å². The minimum Gasteiger partial charge on any atom is -0.480 e. The second-order valence-electron chi connectivity index (χ2n) is 5.36. The maximum atomic E-state index is 12.6. The van der Waals surface area contributed by atoms with Crippen LogP contribution in [0.25, 0.3) is 0 Å². The molecule has 0 atom stereocenters. The lowest BCUT2D eigenvalue weighted by atomic mass is 10.2. The number of hydrogen-bond acceptors (Lipinski definition) is 3.